The number of aryl methyl sites for hydroxylation is 1. The summed E-state index contributed by atoms with van der Waals surface area (Å²) in [7, 11) is -3.90. The summed E-state index contributed by atoms with van der Waals surface area (Å²) in [5.41, 5.74) is 2.58. The van der Waals surface area contributed by atoms with Gasteiger partial charge in [-0.1, -0.05) is 18.2 Å². The van der Waals surface area contributed by atoms with Crippen LogP contribution in [-0.2, 0) is 16.6 Å². The van der Waals surface area contributed by atoms with Gasteiger partial charge in [0.1, 0.15) is 0 Å². The van der Waals surface area contributed by atoms with Crippen LogP contribution in [0.25, 0.3) is 11.0 Å². The van der Waals surface area contributed by atoms with E-state index in [1.807, 2.05) is 28.8 Å². The number of nitrogens with one attached hydrogen (secondary N) is 2. The lowest BCUT2D eigenvalue weighted by Crippen LogP contribution is -2.25. The Morgan fingerprint density at radius 3 is 2.76 bits per heavy atom. The van der Waals surface area contributed by atoms with Crippen molar-refractivity contribution in [1.29, 1.82) is 0 Å². The SMILES string of the molecule is O=C(NCCCn1cnc2ccccc21)c1cccc(S(=O)(=O)Nc2ccc3c(c2)OCO3)c1. The quantitative estimate of drug-likeness (QED) is 0.376. The molecule has 0 radical (unpaired) electrons. The van der Waals surface area contributed by atoms with Crippen LogP contribution in [-0.4, -0.2) is 37.2 Å². The van der Waals surface area contributed by atoms with E-state index in [1.165, 1.54) is 12.1 Å². The van der Waals surface area contributed by atoms with Crippen LogP contribution in [0.4, 0.5) is 5.69 Å². The van der Waals surface area contributed by atoms with Crippen molar-refractivity contribution < 1.29 is 22.7 Å². The molecule has 0 spiro atoms. The molecular weight excluding hydrogens is 456 g/mol. The predicted octanol–water partition coefficient (Wildman–Crippen LogP) is 3.39. The molecular formula is C24H22N4O5S. The van der Waals surface area contributed by atoms with E-state index < -0.39 is 10.0 Å². The van der Waals surface area contributed by atoms with Crippen molar-refractivity contribution in [2.24, 2.45) is 0 Å². The fourth-order valence-corrected chi connectivity index (χ4v) is 4.82. The number of nitrogens with zero attached hydrogens (tertiary/aromatic N) is 2. The standard InChI is InChI=1S/C24H22N4O5S/c29-24(25-11-4-12-28-15-26-20-7-1-2-8-21(20)28)17-5-3-6-19(13-17)34(30,31)27-18-9-10-22-23(14-18)33-16-32-22/h1-3,5-10,13-15,27H,4,11-12,16H2,(H,25,29). The Morgan fingerprint density at radius 2 is 1.85 bits per heavy atom. The number of hydrogen-bond acceptors (Lipinski definition) is 6. The average Bonchev–Trinajstić information content (AvgIpc) is 3.48. The predicted molar refractivity (Wildman–Crippen MR) is 126 cm³/mol. The topological polar surface area (TPSA) is 112 Å². The van der Waals surface area contributed by atoms with Crippen molar-refractivity contribution in [3.05, 3.63) is 78.6 Å². The van der Waals surface area contributed by atoms with E-state index in [9.17, 15) is 13.2 Å². The molecule has 1 aliphatic heterocycles. The van der Waals surface area contributed by atoms with Crippen molar-refractivity contribution >= 4 is 32.7 Å². The highest BCUT2D eigenvalue weighted by molar-refractivity contribution is 7.92. The summed E-state index contributed by atoms with van der Waals surface area (Å²) in [6.07, 6.45) is 2.49. The summed E-state index contributed by atoms with van der Waals surface area (Å²) in [6, 6.07) is 18.6. The molecule has 1 amide bonds. The molecule has 3 aromatic carbocycles. The van der Waals surface area contributed by atoms with E-state index in [0.29, 0.717) is 36.7 Å². The zero-order chi connectivity index (χ0) is 23.5. The lowest BCUT2D eigenvalue weighted by atomic mass is 10.2. The van der Waals surface area contributed by atoms with Crippen molar-refractivity contribution in [2.45, 2.75) is 17.9 Å². The van der Waals surface area contributed by atoms with Crippen molar-refractivity contribution in [1.82, 2.24) is 14.9 Å². The summed E-state index contributed by atoms with van der Waals surface area (Å²) >= 11 is 0. The first kappa shape index (κ1) is 21.8. The third-order valence-electron chi connectivity index (χ3n) is 5.42. The van der Waals surface area contributed by atoms with Gasteiger partial charge in [-0.2, -0.15) is 0 Å². The van der Waals surface area contributed by atoms with E-state index in [1.54, 1.807) is 36.7 Å². The van der Waals surface area contributed by atoms with Crippen LogP contribution in [0.2, 0.25) is 0 Å². The number of fused-ring (bicyclic) bond motifs is 2. The molecule has 0 fully saturated rings. The monoisotopic (exact) mass is 478 g/mol. The number of rotatable bonds is 8. The number of hydrogen-bond donors (Lipinski definition) is 2. The normalized spacial score (nSPS) is 12.6. The summed E-state index contributed by atoms with van der Waals surface area (Å²) < 4.78 is 40.8. The number of carbonyl (C=O) groups excluding carboxylic acids is 1. The molecule has 34 heavy (non-hydrogen) atoms. The van der Waals surface area contributed by atoms with Gasteiger partial charge in [0.05, 0.1) is 27.9 Å². The second-order valence-electron chi connectivity index (χ2n) is 7.74. The van der Waals surface area contributed by atoms with E-state index in [-0.39, 0.29) is 23.2 Å². The molecule has 0 bridgehead atoms. The Labute approximate surface area is 196 Å². The van der Waals surface area contributed by atoms with Gasteiger partial charge in [-0.15, -0.1) is 0 Å². The molecule has 4 aromatic rings. The zero-order valence-electron chi connectivity index (χ0n) is 18.1. The minimum absolute atomic E-state index is 0.0114. The van der Waals surface area contributed by atoms with Crippen molar-refractivity contribution in [3.63, 3.8) is 0 Å². The number of imidazole rings is 1. The molecule has 10 heteroatoms. The Kier molecular flexibility index (Phi) is 5.81. The molecule has 174 valence electrons. The van der Waals surface area contributed by atoms with Gasteiger partial charge >= 0.3 is 0 Å². The Bertz CT molecular complexity index is 1470. The largest absolute Gasteiger partial charge is 0.454 e. The van der Waals surface area contributed by atoms with Crippen LogP contribution < -0.4 is 19.5 Å². The van der Waals surface area contributed by atoms with Gasteiger partial charge in [-0.25, -0.2) is 13.4 Å². The highest BCUT2D eigenvalue weighted by atomic mass is 32.2. The van der Waals surface area contributed by atoms with Crippen molar-refractivity contribution in [3.8, 4) is 11.5 Å². The summed E-state index contributed by atoms with van der Waals surface area (Å²) in [4.78, 5) is 17.0. The first-order valence-corrected chi connectivity index (χ1v) is 12.2. The molecule has 0 saturated heterocycles. The maximum absolute atomic E-state index is 12.9. The van der Waals surface area contributed by atoms with E-state index in [2.05, 4.69) is 15.0 Å². The number of sulfonamides is 1. The molecule has 9 nitrogen and oxygen atoms in total. The van der Waals surface area contributed by atoms with Gasteiger partial charge in [0.25, 0.3) is 15.9 Å². The van der Waals surface area contributed by atoms with Crippen LogP contribution >= 0.6 is 0 Å². The van der Waals surface area contributed by atoms with Crippen molar-refractivity contribution in [2.75, 3.05) is 18.1 Å². The molecule has 0 saturated carbocycles. The van der Waals surface area contributed by atoms with Gasteiger partial charge in [0.15, 0.2) is 11.5 Å². The van der Waals surface area contributed by atoms with E-state index >= 15 is 0 Å². The molecule has 2 heterocycles. The molecule has 1 aliphatic rings. The number of aromatic nitrogens is 2. The van der Waals surface area contributed by atoms with E-state index in [0.717, 1.165) is 11.0 Å². The number of amides is 1. The molecule has 0 atom stereocenters. The Hall–Kier alpha value is -4.05. The number of anilines is 1. The highest BCUT2D eigenvalue weighted by Gasteiger charge is 2.19. The number of benzene rings is 3. The summed E-state index contributed by atoms with van der Waals surface area (Å²) in [5, 5.41) is 2.85. The third-order valence-corrected chi connectivity index (χ3v) is 6.80. The van der Waals surface area contributed by atoms with Crippen LogP contribution in [0.15, 0.2) is 78.0 Å². The Balaban J connectivity index is 1.20. The lowest BCUT2D eigenvalue weighted by Gasteiger charge is -2.11. The van der Waals surface area contributed by atoms with Gasteiger partial charge in [-0.05, 0) is 48.9 Å². The molecule has 5 rings (SSSR count). The minimum Gasteiger partial charge on any atom is -0.454 e. The molecule has 0 unspecified atom stereocenters. The van der Waals surface area contributed by atoms with Crippen LogP contribution in [0.1, 0.15) is 16.8 Å². The van der Waals surface area contributed by atoms with Crippen LogP contribution in [0, 0.1) is 0 Å². The first-order chi connectivity index (χ1) is 16.5. The van der Waals surface area contributed by atoms with Gasteiger partial charge in [-0.3, -0.25) is 9.52 Å². The fourth-order valence-electron chi connectivity index (χ4n) is 3.72. The maximum Gasteiger partial charge on any atom is 0.261 e. The minimum atomic E-state index is -3.90. The number of ether oxygens (including phenoxy) is 2. The highest BCUT2D eigenvalue weighted by Crippen LogP contribution is 2.34. The summed E-state index contributed by atoms with van der Waals surface area (Å²) in [6.45, 7) is 1.24. The van der Waals surface area contributed by atoms with Crippen LogP contribution in [0.3, 0.4) is 0 Å². The van der Waals surface area contributed by atoms with E-state index in [4.69, 9.17) is 9.47 Å². The molecule has 1 aromatic heterocycles. The molecule has 0 aliphatic carbocycles. The van der Waals surface area contributed by atoms with Crippen LogP contribution in [0.5, 0.6) is 11.5 Å². The summed E-state index contributed by atoms with van der Waals surface area (Å²) in [5.74, 6) is 0.690. The smallest absolute Gasteiger partial charge is 0.261 e. The second-order valence-corrected chi connectivity index (χ2v) is 9.42. The Morgan fingerprint density at radius 1 is 1.00 bits per heavy atom. The zero-order valence-corrected chi connectivity index (χ0v) is 18.9. The number of carbonyl (C=O) groups is 1. The number of para-hydroxylation sites is 2. The third kappa shape index (κ3) is 4.53. The molecule has 2 N–H and O–H groups in total. The maximum atomic E-state index is 12.9. The van der Waals surface area contributed by atoms with Gasteiger partial charge in [0.2, 0.25) is 6.79 Å². The fraction of sp³-hybridized carbons (Fsp3) is 0.167. The first-order valence-electron chi connectivity index (χ1n) is 10.7. The lowest BCUT2D eigenvalue weighted by molar-refractivity contribution is 0.0952. The van der Waals surface area contributed by atoms with Gasteiger partial charge in [0, 0.05) is 24.7 Å². The average molecular weight is 479 g/mol. The van der Waals surface area contributed by atoms with Gasteiger partial charge < -0.3 is 19.4 Å². The second kappa shape index (κ2) is 9.06.